The summed E-state index contributed by atoms with van der Waals surface area (Å²) in [5, 5.41) is 0.645. The number of nitrogens with one attached hydrogen (secondary N) is 1. The lowest BCUT2D eigenvalue weighted by Gasteiger charge is -2.25. The molecular weight excluding hydrogens is 311 g/mol. The molecule has 110 valence electrons. The molecule has 0 aliphatic heterocycles. The van der Waals surface area contributed by atoms with Gasteiger partial charge in [0.05, 0.1) is 5.56 Å². The van der Waals surface area contributed by atoms with Gasteiger partial charge in [0, 0.05) is 11.6 Å². The normalized spacial score (nSPS) is 15.0. The Hall–Kier alpha value is -1.52. The molecule has 1 aromatic heterocycles. The van der Waals surface area contributed by atoms with E-state index in [2.05, 4.69) is 4.98 Å². The van der Waals surface area contributed by atoms with E-state index < -0.39 is 5.69 Å². The number of halogens is 2. The molecule has 4 nitrogen and oxygen atoms in total. The first-order valence-electron chi connectivity index (χ1n) is 6.85. The van der Waals surface area contributed by atoms with E-state index in [9.17, 15) is 9.59 Å². The van der Waals surface area contributed by atoms with Crippen molar-refractivity contribution in [3.63, 3.8) is 0 Å². The molecule has 2 aromatic rings. The maximum atomic E-state index is 12.6. The van der Waals surface area contributed by atoms with Gasteiger partial charge in [0.15, 0.2) is 0 Å². The summed E-state index contributed by atoms with van der Waals surface area (Å²) in [7, 11) is 0. The molecule has 21 heavy (non-hydrogen) atoms. The lowest BCUT2D eigenvalue weighted by Crippen LogP contribution is -2.39. The van der Waals surface area contributed by atoms with Crippen LogP contribution >= 0.6 is 23.2 Å². The Morgan fingerprint density at radius 2 is 1.81 bits per heavy atom. The zero-order valence-corrected chi connectivity index (χ0v) is 12.7. The van der Waals surface area contributed by atoms with Crippen molar-refractivity contribution in [2.24, 2.45) is 5.92 Å². The molecule has 0 unspecified atom stereocenters. The quantitative estimate of drug-likeness (QED) is 0.880. The summed E-state index contributed by atoms with van der Waals surface area (Å²) in [6, 6.07) is 6.82. The Balaban J connectivity index is 2.11. The molecule has 1 heterocycles. The molecule has 0 radical (unpaired) electrons. The number of aromatic nitrogens is 2. The summed E-state index contributed by atoms with van der Waals surface area (Å²) >= 11 is 11.9. The van der Waals surface area contributed by atoms with Crippen molar-refractivity contribution >= 4 is 23.2 Å². The highest BCUT2D eigenvalue weighted by Gasteiger charge is 2.21. The molecule has 1 aromatic carbocycles. The van der Waals surface area contributed by atoms with Crippen LogP contribution in [-0.2, 0) is 6.54 Å². The van der Waals surface area contributed by atoms with E-state index in [1.807, 2.05) is 0 Å². The average molecular weight is 325 g/mol. The van der Waals surface area contributed by atoms with Crippen LogP contribution in [0, 0.1) is 5.92 Å². The van der Waals surface area contributed by atoms with Crippen molar-refractivity contribution in [3.8, 4) is 11.1 Å². The number of hydrogen-bond donors (Lipinski definition) is 1. The van der Waals surface area contributed by atoms with Crippen LogP contribution in [0.5, 0.6) is 0 Å². The number of rotatable bonds is 3. The molecule has 0 atom stereocenters. The smallest absolute Gasteiger partial charge is 0.297 e. The summed E-state index contributed by atoms with van der Waals surface area (Å²) in [6.45, 7) is 0.450. The predicted octanol–water partition coefficient (Wildman–Crippen LogP) is 3.31. The van der Waals surface area contributed by atoms with Crippen molar-refractivity contribution < 1.29 is 0 Å². The second-order valence-corrected chi connectivity index (χ2v) is 6.15. The lowest BCUT2D eigenvalue weighted by molar-refractivity contribution is 0.270. The molecule has 0 spiro atoms. The number of hydrogen-bond acceptors (Lipinski definition) is 2. The zero-order valence-electron chi connectivity index (χ0n) is 11.2. The summed E-state index contributed by atoms with van der Waals surface area (Å²) < 4.78 is 1.25. The van der Waals surface area contributed by atoms with Gasteiger partial charge in [-0.3, -0.25) is 14.3 Å². The molecule has 6 heteroatoms. The number of benzene rings is 1. The van der Waals surface area contributed by atoms with E-state index >= 15 is 0 Å². The number of aromatic amines is 1. The molecule has 1 saturated carbocycles. The fourth-order valence-corrected chi connectivity index (χ4v) is 2.91. The maximum absolute atomic E-state index is 12.6. The Morgan fingerprint density at radius 3 is 2.38 bits per heavy atom. The Morgan fingerprint density at radius 1 is 1.14 bits per heavy atom. The van der Waals surface area contributed by atoms with E-state index in [1.54, 1.807) is 24.3 Å². The van der Waals surface area contributed by atoms with Crippen molar-refractivity contribution in [3.05, 3.63) is 55.3 Å². The number of nitrogens with zero attached hydrogens (tertiary/aromatic N) is 1. The third kappa shape index (κ3) is 2.78. The highest BCUT2D eigenvalue weighted by Crippen LogP contribution is 2.28. The van der Waals surface area contributed by atoms with Gasteiger partial charge in [-0.1, -0.05) is 41.8 Å². The van der Waals surface area contributed by atoms with Crippen LogP contribution in [-0.4, -0.2) is 9.55 Å². The standard InChI is InChI=1S/C15H14Cl2N2O2/c16-11-6-4-10(5-7-11)12-13(17)18-15(21)19(14(12)20)8-9-2-1-3-9/h4-7,9H,1-3,8H2,(H,18,21). The molecular formula is C15H14Cl2N2O2. The molecule has 1 N–H and O–H groups in total. The summed E-state index contributed by atoms with van der Waals surface area (Å²) in [5.41, 5.74) is 0.160. The Labute approximate surface area is 131 Å². The predicted molar refractivity (Wildman–Crippen MR) is 84.1 cm³/mol. The first-order valence-corrected chi connectivity index (χ1v) is 7.60. The van der Waals surface area contributed by atoms with Gasteiger partial charge < -0.3 is 0 Å². The third-order valence-electron chi connectivity index (χ3n) is 3.94. The summed E-state index contributed by atoms with van der Waals surface area (Å²) in [5.74, 6) is 0.406. The van der Waals surface area contributed by atoms with Crippen LogP contribution in [0.25, 0.3) is 11.1 Å². The number of H-pyrrole nitrogens is 1. The zero-order chi connectivity index (χ0) is 15.0. The first-order chi connectivity index (χ1) is 10.1. The molecule has 1 aliphatic carbocycles. The highest BCUT2D eigenvalue weighted by molar-refractivity contribution is 6.32. The Bertz CT molecular complexity index is 774. The summed E-state index contributed by atoms with van der Waals surface area (Å²) in [6.07, 6.45) is 3.28. The monoisotopic (exact) mass is 324 g/mol. The molecule has 1 aliphatic rings. The van der Waals surface area contributed by atoms with Crippen LogP contribution < -0.4 is 11.2 Å². The molecule has 1 fully saturated rings. The van der Waals surface area contributed by atoms with Gasteiger partial charge in [-0.25, -0.2) is 4.79 Å². The van der Waals surface area contributed by atoms with Crippen molar-refractivity contribution in [2.75, 3.05) is 0 Å². The van der Waals surface area contributed by atoms with Crippen LogP contribution in [0.1, 0.15) is 19.3 Å². The van der Waals surface area contributed by atoms with Gasteiger partial charge >= 0.3 is 5.69 Å². The molecule has 3 rings (SSSR count). The van der Waals surface area contributed by atoms with Crippen LogP contribution in [0.2, 0.25) is 10.2 Å². The minimum absolute atomic E-state index is 0.0668. The van der Waals surface area contributed by atoms with Crippen molar-refractivity contribution in [1.29, 1.82) is 0 Å². The van der Waals surface area contributed by atoms with Crippen LogP contribution in [0.3, 0.4) is 0 Å². The topological polar surface area (TPSA) is 54.9 Å². The van der Waals surface area contributed by atoms with E-state index in [0.717, 1.165) is 19.3 Å². The fourth-order valence-electron chi connectivity index (χ4n) is 2.51. The summed E-state index contributed by atoms with van der Waals surface area (Å²) in [4.78, 5) is 27.1. The molecule has 0 amide bonds. The maximum Gasteiger partial charge on any atom is 0.329 e. The fraction of sp³-hybridized carbons (Fsp3) is 0.333. The van der Waals surface area contributed by atoms with E-state index in [0.29, 0.717) is 28.6 Å². The van der Waals surface area contributed by atoms with Crippen LogP contribution in [0.4, 0.5) is 0 Å². The SMILES string of the molecule is O=c1[nH]c(Cl)c(-c2ccc(Cl)cc2)c(=O)n1CC1CCC1. The van der Waals surface area contributed by atoms with E-state index in [4.69, 9.17) is 23.2 Å². The first kappa shape index (κ1) is 14.4. The van der Waals surface area contributed by atoms with Gasteiger partial charge in [-0.2, -0.15) is 0 Å². The second-order valence-electron chi connectivity index (χ2n) is 5.34. The van der Waals surface area contributed by atoms with Gasteiger partial charge in [0.2, 0.25) is 0 Å². The van der Waals surface area contributed by atoms with Gasteiger partial charge in [0.1, 0.15) is 5.15 Å². The third-order valence-corrected chi connectivity index (χ3v) is 4.47. The van der Waals surface area contributed by atoms with Crippen LogP contribution in [0.15, 0.2) is 33.9 Å². The molecule has 0 saturated heterocycles. The largest absolute Gasteiger partial charge is 0.329 e. The van der Waals surface area contributed by atoms with Gasteiger partial charge in [-0.05, 0) is 36.5 Å². The van der Waals surface area contributed by atoms with E-state index in [1.165, 1.54) is 4.57 Å². The van der Waals surface area contributed by atoms with Gasteiger partial charge in [0.25, 0.3) is 5.56 Å². The minimum atomic E-state index is -0.449. The second kappa shape index (κ2) is 5.70. The van der Waals surface area contributed by atoms with E-state index in [-0.39, 0.29) is 10.7 Å². The highest BCUT2D eigenvalue weighted by atomic mass is 35.5. The average Bonchev–Trinajstić information content (AvgIpc) is 2.38. The van der Waals surface area contributed by atoms with Crippen molar-refractivity contribution in [2.45, 2.75) is 25.8 Å². The van der Waals surface area contributed by atoms with Gasteiger partial charge in [-0.15, -0.1) is 0 Å². The van der Waals surface area contributed by atoms with Crippen molar-refractivity contribution in [1.82, 2.24) is 9.55 Å². The lowest BCUT2D eigenvalue weighted by atomic mass is 9.85. The minimum Gasteiger partial charge on any atom is -0.297 e. The molecule has 0 bridgehead atoms. The Kier molecular flexibility index (Phi) is 3.91.